The lowest BCUT2D eigenvalue weighted by atomic mass is 9.92. The molecule has 3 rings (SSSR count). The van der Waals surface area contributed by atoms with Crippen LogP contribution < -0.4 is 10.6 Å². The number of nitrogens with one attached hydrogen (secondary N) is 2. The molecule has 3 unspecified atom stereocenters. The molecule has 1 aromatic rings. The van der Waals surface area contributed by atoms with Gasteiger partial charge in [0, 0.05) is 56.4 Å². The quantitative estimate of drug-likeness (QED) is 0.583. The first-order chi connectivity index (χ1) is 14.6. The predicted molar refractivity (Wildman–Crippen MR) is 123 cm³/mol. The van der Waals surface area contributed by atoms with Crippen molar-refractivity contribution < 1.29 is 9.47 Å². The molecule has 2 aliphatic rings. The Morgan fingerprint density at radius 3 is 2.30 bits per heavy atom. The molecule has 0 aliphatic carbocycles. The van der Waals surface area contributed by atoms with Gasteiger partial charge in [-0.15, -0.1) is 0 Å². The van der Waals surface area contributed by atoms with Gasteiger partial charge in [0.1, 0.15) is 0 Å². The van der Waals surface area contributed by atoms with Crippen molar-refractivity contribution >= 4 is 11.6 Å². The van der Waals surface area contributed by atoms with Crippen LogP contribution in [0.1, 0.15) is 24.1 Å². The minimum atomic E-state index is 0.282. The van der Waals surface area contributed by atoms with Gasteiger partial charge in [-0.05, 0) is 43.6 Å². The van der Waals surface area contributed by atoms with E-state index in [4.69, 9.17) is 21.1 Å². The predicted octanol–water partition coefficient (Wildman–Crippen LogP) is 2.03. The molecular weight excluding hydrogens is 400 g/mol. The highest BCUT2D eigenvalue weighted by atomic mass is 35.5. The molecule has 30 heavy (non-hydrogen) atoms. The fraction of sp³-hybridized carbons (Fsp3) is 0.739. The van der Waals surface area contributed by atoms with E-state index in [2.05, 4.69) is 52.6 Å². The Labute approximate surface area is 187 Å². The van der Waals surface area contributed by atoms with Gasteiger partial charge < -0.3 is 20.1 Å². The standard InChI is InChI=1S/C23H39ClN4O2/c1-18(22(26-3)17-27-6-10-29-11-7-27)14-19-4-5-20(21(24)15-19)23(16-25-2)28-8-12-30-13-9-28/h4-5,15,18,22-23,25-26H,6-14,16-17H2,1-3H3. The van der Waals surface area contributed by atoms with E-state index in [0.717, 1.165) is 77.1 Å². The van der Waals surface area contributed by atoms with E-state index in [9.17, 15) is 0 Å². The van der Waals surface area contributed by atoms with Gasteiger partial charge in [0.2, 0.25) is 0 Å². The number of halogens is 1. The second kappa shape index (κ2) is 12.3. The Kier molecular flexibility index (Phi) is 9.84. The van der Waals surface area contributed by atoms with Gasteiger partial charge in [0.25, 0.3) is 0 Å². The smallest absolute Gasteiger partial charge is 0.0594 e. The maximum Gasteiger partial charge on any atom is 0.0594 e. The lowest BCUT2D eigenvalue weighted by Gasteiger charge is -2.35. The molecule has 1 aromatic carbocycles. The van der Waals surface area contributed by atoms with Crippen molar-refractivity contribution in [3.8, 4) is 0 Å². The molecule has 6 nitrogen and oxygen atoms in total. The highest BCUT2D eigenvalue weighted by Crippen LogP contribution is 2.30. The van der Waals surface area contributed by atoms with Crippen molar-refractivity contribution in [2.45, 2.75) is 25.4 Å². The number of ether oxygens (including phenoxy) is 2. The van der Waals surface area contributed by atoms with Gasteiger partial charge in [0.15, 0.2) is 0 Å². The SMILES string of the molecule is CNCC(c1ccc(CC(C)C(CN2CCOCC2)NC)cc1Cl)N1CCOCC1. The first-order valence-electron chi connectivity index (χ1n) is 11.3. The summed E-state index contributed by atoms with van der Waals surface area (Å²) < 4.78 is 11.0. The summed E-state index contributed by atoms with van der Waals surface area (Å²) in [6, 6.07) is 7.41. The van der Waals surface area contributed by atoms with Crippen molar-refractivity contribution in [1.29, 1.82) is 0 Å². The summed E-state index contributed by atoms with van der Waals surface area (Å²) in [5, 5.41) is 7.74. The Morgan fingerprint density at radius 2 is 1.70 bits per heavy atom. The van der Waals surface area contributed by atoms with E-state index in [1.165, 1.54) is 11.1 Å². The summed E-state index contributed by atoms with van der Waals surface area (Å²) in [5.41, 5.74) is 2.52. The van der Waals surface area contributed by atoms with E-state index in [0.29, 0.717) is 12.0 Å². The Balaban J connectivity index is 1.64. The van der Waals surface area contributed by atoms with Gasteiger partial charge in [0.05, 0.1) is 26.4 Å². The van der Waals surface area contributed by atoms with Crippen LogP contribution in [0.5, 0.6) is 0 Å². The average Bonchev–Trinajstić information content (AvgIpc) is 2.77. The van der Waals surface area contributed by atoms with Crippen molar-refractivity contribution in [3.63, 3.8) is 0 Å². The first-order valence-corrected chi connectivity index (χ1v) is 11.7. The maximum atomic E-state index is 6.81. The third-order valence-electron chi connectivity index (χ3n) is 6.48. The van der Waals surface area contributed by atoms with Crippen LogP contribution in [-0.4, -0.2) is 95.6 Å². The van der Waals surface area contributed by atoms with Crippen LogP contribution in [0.25, 0.3) is 0 Å². The molecule has 0 aromatic heterocycles. The third kappa shape index (κ3) is 6.63. The summed E-state index contributed by atoms with van der Waals surface area (Å²) in [4.78, 5) is 4.98. The highest BCUT2D eigenvalue weighted by molar-refractivity contribution is 6.31. The van der Waals surface area contributed by atoms with Crippen molar-refractivity contribution in [2.75, 3.05) is 79.8 Å². The molecular formula is C23H39ClN4O2. The van der Waals surface area contributed by atoms with Gasteiger partial charge in [-0.25, -0.2) is 0 Å². The van der Waals surface area contributed by atoms with Gasteiger partial charge >= 0.3 is 0 Å². The Morgan fingerprint density at radius 1 is 1.03 bits per heavy atom. The summed E-state index contributed by atoms with van der Waals surface area (Å²) in [7, 11) is 4.08. The van der Waals surface area contributed by atoms with Crippen LogP contribution in [0.15, 0.2) is 18.2 Å². The zero-order chi connectivity index (χ0) is 21.3. The first kappa shape index (κ1) is 23.9. The fourth-order valence-corrected chi connectivity index (χ4v) is 4.95. The molecule has 2 aliphatic heterocycles. The molecule has 2 N–H and O–H groups in total. The Bertz CT molecular complexity index is 636. The maximum absolute atomic E-state index is 6.81. The zero-order valence-electron chi connectivity index (χ0n) is 18.8. The van der Waals surface area contributed by atoms with Crippen LogP contribution in [-0.2, 0) is 15.9 Å². The summed E-state index contributed by atoms with van der Waals surface area (Å²) >= 11 is 6.81. The minimum Gasteiger partial charge on any atom is -0.379 e. The number of likely N-dealkylation sites (N-methyl/N-ethyl adjacent to an activating group) is 2. The number of nitrogens with zero attached hydrogens (tertiary/aromatic N) is 2. The van der Waals surface area contributed by atoms with Crippen molar-refractivity contribution in [2.24, 2.45) is 5.92 Å². The number of morpholine rings is 2. The second-order valence-electron chi connectivity index (χ2n) is 8.57. The lowest BCUT2D eigenvalue weighted by molar-refractivity contribution is 0.0165. The molecule has 2 saturated heterocycles. The fourth-order valence-electron chi connectivity index (χ4n) is 4.62. The topological polar surface area (TPSA) is 49.0 Å². The molecule has 7 heteroatoms. The van der Waals surface area contributed by atoms with Crippen LogP contribution >= 0.6 is 11.6 Å². The molecule has 170 valence electrons. The van der Waals surface area contributed by atoms with Crippen LogP contribution in [0.2, 0.25) is 5.02 Å². The molecule has 0 amide bonds. The number of hydrogen-bond donors (Lipinski definition) is 2. The second-order valence-corrected chi connectivity index (χ2v) is 8.97. The van der Waals surface area contributed by atoms with Gasteiger partial charge in [-0.3, -0.25) is 9.80 Å². The average molecular weight is 439 g/mol. The van der Waals surface area contributed by atoms with E-state index >= 15 is 0 Å². The molecule has 2 heterocycles. The molecule has 0 spiro atoms. The largest absolute Gasteiger partial charge is 0.379 e. The van der Waals surface area contributed by atoms with Gasteiger partial charge in [-0.2, -0.15) is 0 Å². The van der Waals surface area contributed by atoms with E-state index in [-0.39, 0.29) is 6.04 Å². The molecule has 2 fully saturated rings. The zero-order valence-corrected chi connectivity index (χ0v) is 19.6. The van der Waals surface area contributed by atoms with Crippen molar-refractivity contribution in [3.05, 3.63) is 34.3 Å². The number of hydrogen-bond acceptors (Lipinski definition) is 6. The summed E-state index contributed by atoms with van der Waals surface area (Å²) in [6.45, 7) is 11.5. The van der Waals surface area contributed by atoms with Crippen molar-refractivity contribution in [1.82, 2.24) is 20.4 Å². The monoisotopic (exact) mass is 438 g/mol. The Hall–Kier alpha value is -0.730. The van der Waals surface area contributed by atoms with Crippen LogP contribution in [0.3, 0.4) is 0 Å². The van der Waals surface area contributed by atoms with E-state index in [1.54, 1.807) is 0 Å². The third-order valence-corrected chi connectivity index (χ3v) is 6.81. The lowest BCUT2D eigenvalue weighted by Crippen LogP contribution is -2.47. The minimum absolute atomic E-state index is 0.282. The normalized spacial score (nSPS) is 22.0. The van der Waals surface area contributed by atoms with E-state index < -0.39 is 0 Å². The van der Waals surface area contributed by atoms with Crippen LogP contribution in [0.4, 0.5) is 0 Å². The van der Waals surface area contributed by atoms with Crippen LogP contribution in [0, 0.1) is 5.92 Å². The number of rotatable bonds is 10. The number of benzene rings is 1. The summed E-state index contributed by atoms with van der Waals surface area (Å²) in [5.74, 6) is 0.520. The van der Waals surface area contributed by atoms with E-state index in [1.807, 2.05) is 7.05 Å². The molecule has 0 saturated carbocycles. The highest BCUT2D eigenvalue weighted by Gasteiger charge is 2.25. The van der Waals surface area contributed by atoms with Gasteiger partial charge in [-0.1, -0.05) is 30.7 Å². The summed E-state index contributed by atoms with van der Waals surface area (Å²) in [6.07, 6.45) is 1.02. The molecule has 0 radical (unpaired) electrons. The molecule has 3 atom stereocenters. The molecule has 0 bridgehead atoms.